The molecule has 0 saturated carbocycles. The molecule has 1 N–H and O–H groups in total. The number of carbonyl (C=O) groups excluding carboxylic acids is 2. The van der Waals surface area contributed by atoms with Crippen molar-refractivity contribution in [1.29, 1.82) is 0 Å². The van der Waals surface area contributed by atoms with E-state index in [0.717, 1.165) is 16.7 Å². The van der Waals surface area contributed by atoms with E-state index in [-0.39, 0.29) is 11.7 Å². The lowest BCUT2D eigenvalue weighted by Gasteiger charge is -2.07. The number of hydrogen-bond donors (Lipinski definition) is 1. The molecule has 3 aromatic carbocycles. The maximum Gasteiger partial charge on any atom is 0.251 e. The van der Waals surface area contributed by atoms with Gasteiger partial charge in [0.2, 0.25) is 0 Å². The average Bonchev–Trinajstić information content (AvgIpc) is 2.93. The summed E-state index contributed by atoms with van der Waals surface area (Å²) in [5.41, 5.74) is 5.88. The van der Waals surface area contributed by atoms with E-state index in [4.69, 9.17) is 0 Å². The average molecular weight is 327 g/mol. The third-order valence-electron chi connectivity index (χ3n) is 4.56. The molecule has 0 aliphatic heterocycles. The monoisotopic (exact) mass is 327 g/mol. The third kappa shape index (κ3) is 2.74. The summed E-state index contributed by atoms with van der Waals surface area (Å²) in [5.74, 6) is -0.189. The molecule has 122 valence electrons. The Hall–Kier alpha value is -3.20. The maximum atomic E-state index is 12.5. The lowest BCUT2D eigenvalue weighted by atomic mass is 10.0. The minimum Gasteiger partial charge on any atom is -0.348 e. The fourth-order valence-corrected chi connectivity index (χ4v) is 3.16. The second kappa shape index (κ2) is 6.02. The van der Waals surface area contributed by atoms with Gasteiger partial charge in [-0.2, -0.15) is 0 Å². The molecule has 3 nitrogen and oxygen atoms in total. The van der Waals surface area contributed by atoms with E-state index in [1.54, 1.807) is 12.1 Å². The molecule has 4 rings (SSSR count). The summed E-state index contributed by atoms with van der Waals surface area (Å²) in [5, 5.41) is 2.91. The highest BCUT2D eigenvalue weighted by Gasteiger charge is 2.26. The van der Waals surface area contributed by atoms with Crippen molar-refractivity contribution in [3.63, 3.8) is 0 Å². The Morgan fingerprint density at radius 3 is 2.28 bits per heavy atom. The topological polar surface area (TPSA) is 46.2 Å². The van der Waals surface area contributed by atoms with Crippen LogP contribution in [-0.2, 0) is 6.54 Å². The molecule has 0 radical (unpaired) electrons. The minimum absolute atomic E-state index is 0.0150. The van der Waals surface area contributed by atoms with Crippen LogP contribution in [0.4, 0.5) is 0 Å². The molecular weight excluding hydrogens is 310 g/mol. The van der Waals surface area contributed by atoms with Crippen LogP contribution in [0.3, 0.4) is 0 Å². The van der Waals surface area contributed by atoms with Gasteiger partial charge in [-0.15, -0.1) is 0 Å². The third-order valence-corrected chi connectivity index (χ3v) is 4.56. The summed E-state index contributed by atoms with van der Waals surface area (Å²) < 4.78 is 0. The summed E-state index contributed by atoms with van der Waals surface area (Å²) >= 11 is 0. The van der Waals surface area contributed by atoms with Crippen molar-refractivity contribution in [2.45, 2.75) is 13.5 Å². The molecule has 1 aliphatic rings. The van der Waals surface area contributed by atoms with E-state index in [2.05, 4.69) is 5.32 Å². The number of benzene rings is 3. The van der Waals surface area contributed by atoms with E-state index >= 15 is 0 Å². The molecule has 25 heavy (non-hydrogen) atoms. The largest absolute Gasteiger partial charge is 0.348 e. The summed E-state index contributed by atoms with van der Waals surface area (Å²) in [4.78, 5) is 25.0. The highest BCUT2D eigenvalue weighted by atomic mass is 16.1. The lowest BCUT2D eigenvalue weighted by Crippen LogP contribution is -2.23. The van der Waals surface area contributed by atoms with Gasteiger partial charge in [-0.3, -0.25) is 9.59 Å². The zero-order valence-electron chi connectivity index (χ0n) is 13.9. The van der Waals surface area contributed by atoms with Crippen LogP contribution >= 0.6 is 0 Å². The van der Waals surface area contributed by atoms with Crippen molar-refractivity contribution < 1.29 is 9.59 Å². The molecule has 0 bridgehead atoms. The Kier molecular flexibility index (Phi) is 3.69. The van der Waals surface area contributed by atoms with Gasteiger partial charge >= 0.3 is 0 Å². The second-order valence-electron chi connectivity index (χ2n) is 6.30. The molecule has 0 saturated heterocycles. The minimum atomic E-state index is -0.174. The molecule has 1 aliphatic carbocycles. The van der Waals surface area contributed by atoms with Crippen molar-refractivity contribution in [1.82, 2.24) is 5.32 Å². The smallest absolute Gasteiger partial charge is 0.251 e. The molecule has 0 heterocycles. The van der Waals surface area contributed by atoms with E-state index < -0.39 is 0 Å². The number of fused-ring (bicyclic) bond motifs is 3. The van der Waals surface area contributed by atoms with Crippen molar-refractivity contribution in [3.05, 3.63) is 94.5 Å². The SMILES string of the molecule is Cc1ccc(CNC(=O)c2ccc3c(c2)C(=O)c2ccccc2-3)cc1. The number of rotatable bonds is 3. The predicted octanol–water partition coefficient (Wildman–Crippen LogP) is 4.14. The molecule has 3 aromatic rings. The van der Waals surface area contributed by atoms with Crippen molar-refractivity contribution >= 4 is 11.7 Å². The van der Waals surface area contributed by atoms with Crippen LogP contribution in [0.2, 0.25) is 0 Å². The van der Waals surface area contributed by atoms with Crippen molar-refractivity contribution in [3.8, 4) is 11.1 Å². The summed E-state index contributed by atoms with van der Waals surface area (Å²) in [6.07, 6.45) is 0. The standard InChI is InChI=1S/C22H17NO2/c1-14-6-8-15(9-7-14)13-23-22(25)16-10-11-18-17-4-2-3-5-19(17)21(24)20(18)12-16/h2-12H,13H2,1H3,(H,23,25). The lowest BCUT2D eigenvalue weighted by molar-refractivity contribution is 0.0951. The Morgan fingerprint density at radius 1 is 0.840 bits per heavy atom. The van der Waals surface area contributed by atoms with Gasteiger partial charge in [-0.25, -0.2) is 0 Å². The summed E-state index contributed by atoms with van der Waals surface area (Å²) in [6.45, 7) is 2.49. The second-order valence-corrected chi connectivity index (χ2v) is 6.30. The fraction of sp³-hybridized carbons (Fsp3) is 0.0909. The van der Waals surface area contributed by atoms with E-state index in [0.29, 0.717) is 23.2 Å². The molecule has 0 atom stereocenters. The number of nitrogens with one attached hydrogen (secondary N) is 1. The Bertz CT molecular complexity index is 987. The zero-order valence-corrected chi connectivity index (χ0v) is 13.9. The summed E-state index contributed by atoms with van der Waals surface area (Å²) in [7, 11) is 0. The molecular formula is C22H17NO2. The molecule has 0 fully saturated rings. The molecule has 3 heteroatoms. The van der Waals surface area contributed by atoms with Crippen LogP contribution in [0, 0.1) is 6.92 Å². The van der Waals surface area contributed by atoms with E-state index in [1.807, 2.05) is 61.5 Å². The van der Waals surface area contributed by atoms with Gasteiger partial charge < -0.3 is 5.32 Å². The molecule has 0 aromatic heterocycles. The van der Waals surface area contributed by atoms with Gasteiger partial charge in [0.05, 0.1) is 0 Å². The van der Waals surface area contributed by atoms with Gasteiger partial charge in [0.15, 0.2) is 5.78 Å². The maximum absolute atomic E-state index is 12.5. The number of hydrogen-bond acceptors (Lipinski definition) is 2. The number of amides is 1. The Labute approximate surface area is 146 Å². The fourth-order valence-electron chi connectivity index (χ4n) is 3.16. The normalized spacial score (nSPS) is 11.8. The molecule has 0 spiro atoms. The van der Waals surface area contributed by atoms with Gasteiger partial charge in [0, 0.05) is 23.2 Å². The van der Waals surface area contributed by atoms with Crippen LogP contribution in [0.1, 0.15) is 37.4 Å². The van der Waals surface area contributed by atoms with Gasteiger partial charge in [0.25, 0.3) is 5.91 Å². The van der Waals surface area contributed by atoms with E-state index in [9.17, 15) is 9.59 Å². The number of carbonyl (C=O) groups is 2. The van der Waals surface area contributed by atoms with Crippen LogP contribution < -0.4 is 5.32 Å². The first-order valence-corrected chi connectivity index (χ1v) is 8.25. The van der Waals surface area contributed by atoms with Crippen molar-refractivity contribution in [2.75, 3.05) is 0 Å². The molecule has 1 amide bonds. The van der Waals surface area contributed by atoms with Crippen LogP contribution in [0.5, 0.6) is 0 Å². The number of aryl methyl sites for hydroxylation is 1. The molecule has 0 unspecified atom stereocenters. The Morgan fingerprint density at radius 2 is 1.52 bits per heavy atom. The predicted molar refractivity (Wildman–Crippen MR) is 97.7 cm³/mol. The van der Waals surface area contributed by atoms with Gasteiger partial charge in [-0.1, -0.05) is 60.2 Å². The number of ketones is 1. The first-order valence-electron chi connectivity index (χ1n) is 8.25. The van der Waals surface area contributed by atoms with Crippen LogP contribution in [-0.4, -0.2) is 11.7 Å². The Balaban J connectivity index is 1.55. The van der Waals surface area contributed by atoms with E-state index in [1.165, 1.54) is 5.56 Å². The highest BCUT2D eigenvalue weighted by Crippen LogP contribution is 2.36. The van der Waals surface area contributed by atoms with Crippen molar-refractivity contribution in [2.24, 2.45) is 0 Å². The van der Waals surface area contributed by atoms with Crippen LogP contribution in [0.25, 0.3) is 11.1 Å². The first-order chi connectivity index (χ1) is 12.1. The van der Waals surface area contributed by atoms with Crippen LogP contribution in [0.15, 0.2) is 66.7 Å². The highest BCUT2D eigenvalue weighted by molar-refractivity contribution is 6.22. The summed E-state index contributed by atoms with van der Waals surface area (Å²) in [6, 6.07) is 20.9. The van der Waals surface area contributed by atoms with Gasteiger partial charge in [0.1, 0.15) is 0 Å². The first kappa shape index (κ1) is 15.3. The zero-order chi connectivity index (χ0) is 17.4. The quantitative estimate of drug-likeness (QED) is 0.615. The van der Waals surface area contributed by atoms with Gasteiger partial charge in [-0.05, 0) is 35.7 Å².